The standard InChI is InChI=1S/C19H23N5/c1-23(2)13-18-21-17-8-6-5-7-16(17)19(22-18)20-14-9-11-15(12-10-14)24(3)4/h5-12H,13H2,1-4H3,(H,20,21,22). The molecular weight excluding hydrogens is 298 g/mol. The first kappa shape index (κ1) is 16.2. The molecule has 1 N–H and O–H groups in total. The summed E-state index contributed by atoms with van der Waals surface area (Å²) >= 11 is 0. The van der Waals surface area contributed by atoms with Crippen LogP contribution >= 0.6 is 0 Å². The molecule has 5 heteroatoms. The zero-order chi connectivity index (χ0) is 17.1. The molecule has 0 bridgehead atoms. The molecule has 0 saturated carbocycles. The minimum atomic E-state index is 0.707. The lowest BCUT2D eigenvalue weighted by atomic mass is 10.2. The van der Waals surface area contributed by atoms with Crippen molar-refractivity contribution < 1.29 is 0 Å². The summed E-state index contributed by atoms with van der Waals surface area (Å²) in [5, 5.41) is 4.46. The molecule has 0 unspecified atom stereocenters. The molecule has 0 aliphatic carbocycles. The quantitative estimate of drug-likeness (QED) is 0.779. The van der Waals surface area contributed by atoms with Crippen molar-refractivity contribution in [3.05, 3.63) is 54.4 Å². The number of rotatable bonds is 5. The summed E-state index contributed by atoms with van der Waals surface area (Å²) in [6.07, 6.45) is 0. The van der Waals surface area contributed by atoms with E-state index in [2.05, 4.69) is 44.4 Å². The van der Waals surface area contributed by atoms with Gasteiger partial charge < -0.3 is 15.1 Å². The average molecular weight is 321 g/mol. The molecule has 1 aromatic heterocycles. The molecular formula is C19H23N5. The highest BCUT2D eigenvalue weighted by atomic mass is 15.1. The largest absolute Gasteiger partial charge is 0.378 e. The molecule has 0 fully saturated rings. The van der Waals surface area contributed by atoms with E-state index in [9.17, 15) is 0 Å². The molecule has 3 aromatic rings. The number of para-hydroxylation sites is 1. The smallest absolute Gasteiger partial charge is 0.145 e. The van der Waals surface area contributed by atoms with Gasteiger partial charge in [0.25, 0.3) is 0 Å². The van der Waals surface area contributed by atoms with Crippen LogP contribution in [-0.4, -0.2) is 43.1 Å². The van der Waals surface area contributed by atoms with E-state index in [-0.39, 0.29) is 0 Å². The molecule has 2 aromatic carbocycles. The zero-order valence-corrected chi connectivity index (χ0v) is 14.6. The van der Waals surface area contributed by atoms with Crippen LogP contribution in [0.4, 0.5) is 17.2 Å². The fourth-order valence-corrected chi connectivity index (χ4v) is 2.55. The second kappa shape index (κ2) is 6.84. The Labute approximate surface area is 143 Å². The van der Waals surface area contributed by atoms with Gasteiger partial charge in [0.2, 0.25) is 0 Å². The molecule has 0 atom stereocenters. The van der Waals surface area contributed by atoms with E-state index in [1.54, 1.807) is 0 Å². The highest BCUT2D eigenvalue weighted by Gasteiger charge is 2.09. The van der Waals surface area contributed by atoms with Crippen molar-refractivity contribution in [3.63, 3.8) is 0 Å². The molecule has 0 saturated heterocycles. The zero-order valence-electron chi connectivity index (χ0n) is 14.6. The molecule has 24 heavy (non-hydrogen) atoms. The number of benzene rings is 2. The Morgan fingerprint density at radius 2 is 1.58 bits per heavy atom. The number of aromatic nitrogens is 2. The van der Waals surface area contributed by atoms with Crippen LogP contribution in [0.25, 0.3) is 10.9 Å². The van der Waals surface area contributed by atoms with Crippen molar-refractivity contribution in [2.24, 2.45) is 0 Å². The van der Waals surface area contributed by atoms with E-state index in [0.717, 1.165) is 28.2 Å². The first-order chi connectivity index (χ1) is 11.5. The van der Waals surface area contributed by atoms with Gasteiger partial charge in [-0.3, -0.25) is 0 Å². The summed E-state index contributed by atoms with van der Waals surface area (Å²) in [6, 6.07) is 16.4. The van der Waals surface area contributed by atoms with Gasteiger partial charge in [-0.1, -0.05) is 12.1 Å². The first-order valence-corrected chi connectivity index (χ1v) is 7.98. The molecule has 0 aliphatic rings. The van der Waals surface area contributed by atoms with E-state index in [1.165, 1.54) is 5.69 Å². The van der Waals surface area contributed by atoms with Gasteiger partial charge in [0.05, 0.1) is 12.1 Å². The van der Waals surface area contributed by atoms with E-state index in [4.69, 9.17) is 4.98 Å². The van der Waals surface area contributed by atoms with Crippen LogP contribution in [0.2, 0.25) is 0 Å². The van der Waals surface area contributed by atoms with Crippen LogP contribution in [0, 0.1) is 0 Å². The van der Waals surface area contributed by atoms with Crippen LogP contribution in [0.3, 0.4) is 0 Å². The van der Waals surface area contributed by atoms with Gasteiger partial charge in [-0.2, -0.15) is 0 Å². The lowest BCUT2D eigenvalue weighted by Gasteiger charge is -2.15. The van der Waals surface area contributed by atoms with Gasteiger partial charge in [-0.15, -0.1) is 0 Å². The first-order valence-electron chi connectivity index (χ1n) is 7.98. The monoisotopic (exact) mass is 321 g/mol. The Bertz CT molecular complexity index is 825. The highest BCUT2D eigenvalue weighted by Crippen LogP contribution is 2.25. The highest BCUT2D eigenvalue weighted by molar-refractivity contribution is 5.90. The van der Waals surface area contributed by atoms with Crippen molar-refractivity contribution in [2.75, 3.05) is 38.4 Å². The van der Waals surface area contributed by atoms with Gasteiger partial charge in [0.15, 0.2) is 0 Å². The molecule has 0 spiro atoms. The van der Waals surface area contributed by atoms with E-state index in [0.29, 0.717) is 6.54 Å². The number of hydrogen-bond donors (Lipinski definition) is 1. The fraction of sp³-hybridized carbons (Fsp3) is 0.263. The molecule has 0 amide bonds. The Hall–Kier alpha value is -2.66. The van der Waals surface area contributed by atoms with Crippen LogP contribution in [0.5, 0.6) is 0 Å². The lowest BCUT2D eigenvalue weighted by Crippen LogP contribution is -2.14. The van der Waals surface area contributed by atoms with Gasteiger partial charge in [-0.25, -0.2) is 9.97 Å². The molecule has 1 heterocycles. The number of fused-ring (bicyclic) bond motifs is 1. The Morgan fingerprint density at radius 3 is 2.25 bits per heavy atom. The second-order valence-corrected chi connectivity index (χ2v) is 6.31. The van der Waals surface area contributed by atoms with Gasteiger partial charge in [0.1, 0.15) is 11.6 Å². The van der Waals surface area contributed by atoms with Crippen LogP contribution in [-0.2, 0) is 6.54 Å². The minimum absolute atomic E-state index is 0.707. The van der Waals surface area contributed by atoms with E-state index in [1.807, 2.05) is 52.5 Å². The van der Waals surface area contributed by atoms with Gasteiger partial charge >= 0.3 is 0 Å². The summed E-state index contributed by atoms with van der Waals surface area (Å²) in [6.45, 7) is 0.707. The van der Waals surface area contributed by atoms with E-state index >= 15 is 0 Å². The third-order valence-electron chi connectivity index (χ3n) is 3.75. The number of hydrogen-bond acceptors (Lipinski definition) is 5. The third-order valence-corrected chi connectivity index (χ3v) is 3.75. The predicted molar refractivity (Wildman–Crippen MR) is 101 cm³/mol. The second-order valence-electron chi connectivity index (χ2n) is 6.31. The summed E-state index contributed by atoms with van der Waals surface area (Å²) in [5.74, 6) is 1.65. The van der Waals surface area contributed by atoms with Crippen molar-refractivity contribution in [3.8, 4) is 0 Å². The summed E-state index contributed by atoms with van der Waals surface area (Å²) in [4.78, 5) is 13.5. The normalized spacial score (nSPS) is 11.0. The average Bonchev–Trinajstić information content (AvgIpc) is 2.55. The summed E-state index contributed by atoms with van der Waals surface area (Å²) < 4.78 is 0. The number of nitrogens with one attached hydrogen (secondary N) is 1. The van der Waals surface area contributed by atoms with Crippen LogP contribution < -0.4 is 10.2 Å². The number of anilines is 3. The maximum Gasteiger partial charge on any atom is 0.145 e. The summed E-state index contributed by atoms with van der Waals surface area (Å²) in [5.41, 5.74) is 3.14. The van der Waals surface area contributed by atoms with Gasteiger partial charge in [-0.05, 0) is 50.5 Å². The van der Waals surface area contributed by atoms with Gasteiger partial charge in [0, 0.05) is 30.9 Å². The van der Waals surface area contributed by atoms with Crippen molar-refractivity contribution >= 4 is 28.1 Å². The van der Waals surface area contributed by atoms with Crippen molar-refractivity contribution in [1.82, 2.24) is 14.9 Å². The third kappa shape index (κ3) is 3.63. The minimum Gasteiger partial charge on any atom is -0.378 e. The maximum absolute atomic E-state index is 4.72. The Kier molecular flexibility index (Phi) is 4.62. The molecule has 0 aliphatic heterocycles. The maximum atomic E-state index is 4.72. The van der Waals surface area contributed by atoms with Crippen LogP contribution in [0.15, 0.2) is 48.5 Å². The molecule has 5 nitrogen and oxygen atoms in total. The molecule has 124 valence electrons. The number of nitrogens with zero attached hydrogens (tertiary/aromatic N) is 4. The van der Waals surface area contributed by atoms with Crippen molar-refractivity contribution in [1.29, 1.82) is 0 Å². The summed E-state index contributed by atoms with van der Waals surface area (Å²) in [7, 11) is 8.11. The van der Waals surface area contributed by atoms with Crippen LogP contribution in [0.1, 0.15) is 5.82 Å². The lowest BCUT2D eigenvalue weighted by molar-refractivity contribution is 0.391. The van der Waals surface area contributed by atoms with Crippen molar-refractivity contribution in [2.45, 2.75) is 6.54 Å². The Balaban J connectivity index is 1.97. The topological polar surface area (TPSA) is 44.3 Å². The fourth-order valence-electron chi connectivity index (χ4n) is 2.55. The Morgan fingerprint density at radius 1 is 0.875 bits per heavy atom. The predicted octanol–water partition coefficient (Wildman–Crippen LogP) is 3.50. The molecule has 3 rings (SSSR count). The SMILES string of the molecule is CN(C)Cc1nc(Nc2ccc(N(C)C)cc2)c2ccccc2n1. The van der Waals surface area contributed by atoms with E-state index < -0.39 is 0 Å². The molecule has 0 radical (unpaired) electrons.